The number of ketones is 1. The van der Waals surface area contributed by atoms with Gasteiger partial charge in [-0.05, 0) is 61.3 Å². The SMILES string of the molecule is C[C@@H]1OCC2=C(c3ccccc3)C(=O)C(c3ccccc3)=C21.[CH]1[CH][CH][CH][CH]1.[Co]. The van der Waals surface area contributed by atoms with Crippen LogP contribution in [0.5, 0.6) is 0 Å². The van der Waals surface area contributed by atoms with E-state index in [0.29, 0.717) is 6.61 Å². The Morgan fingerprint density at radius 3 is 1.71 bits per heavy atom. The summed E-state index contributed by atoms with van der Waals surface area (Å²) in [5, 5.41) is 0. The molecule has 0 unspecified atom stereocenters. The molecule has 2 nitrogen and oxygen atoms in total. The van der Waals surface area contributed by atoms with Gasteiger partial charge in [-0.3, -0.25) is 4.79 Å². The van der Waals surface area contributed by atoms with Crippen LogP contribution in [0.15, 0.2) is 71.8 Å². The molecule has 5 rings (SSSR count). The van der Waals surface area contributed by atoms with Gasteiger partial charge in [0, 0.05) is 27.9 Å². The van der Waals surface area contributed by atoms with E-state index in [1.807, 2.05) is 99.7 Å². The van der Waals surface area contributed by atoms with Crippen molar-refractivity contribution in [2.45, 2.75) is 13.0 Å². The van der Waals surface area contributed by atoms with Crippen molar-refractivity contribution in [1.29, 1.82) is 0 Å². The Hall–Kier alpha value is -1.94. The first-order valence-electron chi connectivity index (χ1n) is 9.19. The van der Waals surface area contributed by atoms with Gasteiger partial charge in [0.05, 0.1) is 12.7 Å². The number of benzene rings is 2. The molecule has 0 aromatic heterocycles. The van der Waals surface area contributed by atoms with Gasteiger partial charge in [0.2, 0.25) is 0 Å². The van der Waals surface area contributed by atoms with Gasteiger partial charge in [-0.15, -0.1) is 0 Å². The van der Waals surface area contributed by atoms with Gasteiger partial charge in [0.1, 0.15) is 0 Å². The van der Waals surface area contributed by atoms with Gasteiger partial charge >= 0.3 is 0 Å². The third-order valence-electron chi connectivity index (χ3n) is 4.92. The monoisotopic (exact) mass is 412 g/mol. The van der Waals surface area contributed by atoms with Crippen molar-refractivity contribution in [3.05, 3.63) is 115 Å². The van der Waals surface area contributed by atoms with Crippen LogP contribution in [0, 0.1) is 32.1 Å². The molecule has 1 saturated heterocycles. The first-order chi connectivity index (χ1) is 13.3. The standard InChI is InChI=1S/C20H16O2.C5H5.Co/c1-13-17-16(12-22-13)18(14-8-4-2-5-9-14)20(21)19(17)15-10-6-3-7-11-15;1-2-4-5-3-1;/h2-11,13H,12H2,1H3;1-5H;/t13-;;/m0../s1. The van der Waals surface area contributed by atoms with E-state index in [1.54, 1.807) is 0 Å². The number of Topliss-reactive ketones (excluding diaryl/α,β-unsaturated/α-hetero) is 1. The number of fused-ring (bicyclic) bond motifs is 1. The van der Waals surface area contributed by atoms with Crippen LogP contribution in [0.4, 0.5) is 0 Å². The molecule has 2 aromatic rings. The second-order valence-electron chi connectivity index (χ2n) is 6.62. The normalized spacial score (nSPS) is 20.6. The summed E-state index contributed by atoms with van der Waals surface area (Å²) in [6.45, 7) is 2.54. The zero-order chi connectivity index (χ0) is 18.6. The molecule has 1 atom stereocenters. The fourth-order valence-electron chi connectivity index (χ4n) is 3.68. The maximum absolute atomic E-state index is 13.1. The van der Waals surface area contributed by atoms with Crippen molar-refractivity contribution >= 4 is 16.9 Å². The maximum Gasteiger partial charge on any atom is 0.194 e. The molecule has 6 radical (unpaired) electrons. The Kier molecular flexibility index (Phi) is 7.06. The molecule has 3 aliphatic rings. The van der Waals surface area contributed by atoms with Crippen LogP contribution in [0.1, 0.15) is 18.1 Å². The zero-order valence-corrected chi connectivity index (χ0v) is 16.6. The van der Waals surface area contributed by atoms with Gasteiger partial charge in [-0.2, -0.15) is 0 Å². The molecule has 142 valence electrons. The molecule has 1 heterocycles. The Balaban J connectivity index is 0.000000329. The number of hydrogen-bond acceptors (Lipinski definition) is 2. The van der Waals surface area contributed by atoms with E-state index < -0.39 is 0 Å². The molecule has 28 heavy (non-hydrogen) atoms. The fourth-order valence-corrected chi connectivity index (χ4v) is 3.68. The molecule has 2 aliphatic carbocycles. The van der Waals surface area contributed by atoms with E-state index in [0.717, 1.165) is 33.4 Å². The number of carbonyl (C=O) groups is 1. The molecule has 1 saturated carbocycles. The molecule has 0 bridgehead atoms. The molecule has 2 fully saturated rings. The van der Waals surface area contributed by atoms with E-state index >= 15 is 0 Å². The summed E-state index contributed by atoms with van der Waals surface area (Å²) in [5.74, 6) is 0.123. The molecule has 0 spiro atoms. The summed E-state index contributed by atoms with van der Waals surface area (Å²) >= 11 is 0. The molecule has 0 N–H and O–H groups in total. The minimum atomic E-state index is -0.0321. The molecular formula is C25H21CoO2. The average Bonchev–Trinajstić information content (AvgIpc) is 3.44. The van der Waals surface area contributed by atoms with E-state index in [4.69, 9.17) is 4.74 Å². The van der Waals surface area contributed by atoms with Gasteiger partial charge in [-0.1, -0.05) is 60.7 Å². The van der Waals surface area contributed by atoms with Crippen molar-refractivity contribution in [3.63, 3.8) is 0 Å². The summed E-state index contributed by atoms with van der Waals surface area (Å²) in [7, 11) is 0. The van der Waals surface area contributed by atoms with Crippen molar-refractivity contribution in [2.24, 2.45) is 0 Å². The average molecular weight is 412 g/mol. The van der Waals surface area contributed by atoms with Gasteiger partial charge in [0.25, 0.3) is 0 Å². The zero-order valence-electron chi connectivity index (χ0n) is 15.6. The second-order valence-corrected chi connectivity index (χ2v) is 6.62. The number of ether oxygens (including phenoxy) is 1. The molecule has 1 aliphatic heterocycles. The van der Waals surface area contributed by atoms with E-state index in [9.17, 15) is 4.79 Å². The summed E-state index contributed by atoms with van der Waals surface area (Å²) in [6.07, 6.45) is 9.97. The number of carbonyl (C=O) groups excluding carboxylic acids is 1. The van der Waals surface area contributed by atoms with Crippen molar-refractivity contribution < 1.29 is 26.3 Å². The Labute approximate surface area is 177 Å². The van der Waals surface area contributed by atoms with E-state index in [1.165, 1.54) is 0 Å². The van der Waals surface area contributed by atoms with Crippen LogP contribution >= 0.6 is 0 Å². The second kappa shape index (κ2) is 9.51. The van der Waals surface area contributed by atoms with Crippen LogP contribution in [0.2, 0.25) is 0 Å². The van der Waals surface area contributed by atoms with Crippen molar-refractivity contribution in [1.82, 2.24) is 0 Å². The molecule has 0 amide bonds. The van der Waals surface area contributed by atoms with Crippen LogP contribution in [-0.4, -0.2) is 18.5 Å². The third kappa shape index (κ3) is 4.07. The molecule has 3 heteroatoms. The number of hydrogen-bond donors (Lipinski definition) is 0. The maximum atomic E-state index is 13.1. The summed E-state index contributed by atoms with van der Waals surface area (Å²) in [6, 6.07) is 19.8. The van der Waals surface area contributed by atoms with Crippen LogP contribution < -0.4 is 0 Å². The Morgan fingerprint density at radius 1 is 0.750 bits per heavy atom. The minimum absolute atomic E-state index is 0. The Morgan fingerprint density at radius 2 is 1.21 bits per heavy atom. The summed E-state index contributed by atoms with van der Waals surface area (Å²) in [5.41, 5.74) is 5.68. The van der Waals surface area contributed by atoms with Crippen LogP contribution in [0.25, 0.3) is 11.1 Å². The summed E-state index contributed by atoms with van der Waals surface area (Å²) < 4.78 is 5.80. The first kappa shape index (κ1) is 20.8. The van der Waals surface area contributed by atoms with Gasteiger partial charge < -0.3 is 4.74 Å². The number of rotatable bonds is 2. The van der Waals surface area contributed by atoms with Crippen LogP contribution in [-0.2, 0) is 26.3 Å². The smallest absolute Gasteiger partial charge is 0.194 e. The Bertz CT molecular complexity index is 870. The van der Waals surface area contributed by atoms with E-state index in [2.05, 4.69) is 0 Å². The minimum Gasteiger partial charge on any atom is -0.369 e. The third-order valence-corrected chi connectivity index (χ3v) is 4.92. The predicted molar refractivity (Wildman–Crippen MR) is 109 cm³/mol. The predicted octanol–water partition coefficient (Wildman–Crippen LogP) is 4.91. The fraction of sp³-hybridized carbons (Fsp3) is 0.120. The topological polar surface area (TPSA) is 26.3 Å². The van der Waals surface area contributed by atoms with E-state index in [-0.39, 0.29) is 28.7 Å². The van der Waals surface area contributed by atoms with Crippen molar-refractivity contribution in [3.8, 4) is 0 Å². The van der Waals surface area contributed by atoms with Crippen molar-refractivity contribution in [2.75, 3.05) is 6.61 Å². The van der Waals surface area contributed by atoms with Gasteiger partial charge in [0.15, 0.2) is 5.78 Å². The number of allylic oxidation sites excluding steroid dienone is 2. The first-order valence-corrected chi connectivity index (χ1v) is 9.19. The quantitative estimate of drug-likeness (QED) is 0.701. The van der Waals surface area contributed by atoms with Gasteiger partial charge in [-0.25, -0.2) is 0 Å². The molecule has 2 aromatic carbocycles. The molecular weight excluding hydrogens is 391 g/mol. The largest absolute Gasteiger partial charge is 0.369 e. The van der Waals surface area contributed by atoms with Crippen LogP contribution in [0.3, 0.4) is 0 Å². The summed E-state index contributed by atoms with van der Waals surface area (Å²) in [4.78, 5) is 13.1.